The van der Waals surface area contributed by atoms with E-state index >= 15 is 0 Å². The monoisotopic (exact) mass is 329 g/mol. The number of benzene rings is 2. The van der Waals surface area contributed by atoms with Crippen molar-refractivity contribution in [2.45, 2.75) is 0 Å². The Labute approximate surface area is 115 Å². The highest BCUT2D eigenvalue weighted by Gasteiger charge is 2.14. The Morgan fingerprint density at radius 3 is 2.37 bits per heavy atom. The Morgan fingerprint density at radius 1 is 1.00 bits per heavy atom. The predicted molar refractivity (Wildman–Crippen MR) is 68.4 cm³/mol. The zero-order valence-electron chi connectivity index (χ0n) is 9.38. The van der Waals surface area contributed by atoms with Gasteiger partial charge in [0.15, 0.2) is 0 Å². The molecule has 0 heterocycles. The Balaban J connectivity index is 2.25. The van der Waals surface area contributed by atoms with Crippen LogP contribution in [0.25, 0.3) is 0 Å². The number of carbonyl (C=O) groups is 1. The fraction of sp³-hybridized carbons (Fsp3) is 0. The topological polar surface area (TPSA) is 29.1 Å². The van der Waals surface area contributed by atoms with Crippen LogP contribution in [0, 0.1) is 17.5 Å². The number of halogens is 4. The van der Waals surface area contributed by atoms with Crippen LogP contribution in [0.4, 0.5) is 18.9 Å². The normalized spacial score (nSPS) is 10.3. The van der Waals surface area contributed by atoms with Crippen molar-refractivity contribution in [2.75, 3.05) is 5.32 Å². The molecule has 0 radical (unpaired) electrons. The molecule has 1 N–H and O–H groups in total. The van der Waals surface area contributed by atoms with Crippen LogP contribution in [0.5, 0.6) is 0 Å². The second-order valence-corrected chi connectivity index (χ2v) is 4.62. The molecule has 0 unspecified atom stereocenters. The zero-order valence-corrected chi connectivity index (χ0v) is 11.0. The molecule has 1 amide bonds. The lowest BCUT2D eigenvalue weighted by atomic mass is 10.2. The van der Waals surface area contributed by atoms with Crippen molar-refractivity contribution in [2.24, 2.45) is 0 Å². The van der Waals surface area contributed by atoms with Gasteiger partial charge in [0, 0.05) is 10.5 Å². The molecule has 0 aromatic heterocycles. The molecule has 0 bridgehead atoms. The summed E-state index contributed by atoms with van der Waals surface area (Å²) in [5.41, 5.74) is -0.444. The molecule has 0 spiro atoms. The fourth-order valence-electron chi connectivity index (χ4n) is 1.45. The minimum atomic E-state index is -0.925. The number of hydrogen-bond acceptors (Lipinski definition) is 1. The third kappa shape index (κ3) is 3.14. The molecule has 0 saturated heterocycles. The lowest BCUT2D eigenvalue weighted by Gasteiger charge is -2.07. The van der Waals surface area contributed by atoms with E-state index in [0.717, 1.165) is 18.2 Å². The van der Waals surface area contributed by atoms with E-state index < -0.39 is 23.4 Å². The first kappa shape index (κ1) is 13.6. The fourth-order valence-corrected chi connectivity index (χ4v) is 1.79. The van der Waals surface area contributed by atoms with Crippen molar-refractivity contribution in [3.63, 3.8) is 0 Å². The van der Waals surface area contributed by atoms with Crippen LogP contribution >= 0.6 is 15.9 Å². The maximum atomic E-state index is 13.5. The van der Waals surface area contributed by atoms with E-state index in [1.54, 1.807) is 0 Å². The number of nitrogens with one attached hydrogen (secondary N) is 1. The van der Waals surface area contributed by atoms with Gasteiger partial charge in [0.05, 0.1) is 11.3 Å². The van der Waals surface area contributed by atoms with Gasteiger partial charge in [-0.1, -0.05) is 15.9 Å². The van der Waals surface area contributed by atoms with E-state index in [9.17, 15) is 18.0 Å². The van der Waals surface area contributed by atoms with Crippen molar-refractivity contribution >= 4 is 27.5 Å². The van der Waals surface area contributed by atoms with Crippen LogP contribution in [0.2, 0.25) is 0 Å². The molecule has 2 aromatic carbocycles. The van der Waals surface area contributed by atoms with E-state index in [-0.39, 0.29) is 11.3 Å². The van der Waals surface area contributed by atoms with Crippen molar-refractivity contribution in [1.29, 1.82) is 0 Å². The van der Waals surface area contributed by atoms with E-state index in [4.69, 9.17) is 0 Å². The van der Waals surface area contributed by atoms with Crippen LogP contribution in [0.15, 0.2) is 40.9 Å². The van der Waals surface area contributed by atoms with Crippen LogP contribution in [0.3, 0.4) is 0 Å². The Morgan fingerprint density at radius 2 is 1.74 bits per heavy atom. The largest absolute Gasteiger partial charge is 0.319 e. The first-order valence-electron chi connectivity index (χ1n) is 5.19. The molecule has 0 aliphatic carbocycles. The van der Waals surface area contributed by atoms with Gasteiger partial charge >= 0.3 is 0 Å². The molecule has 0 aliphatic heterocycles. The van der Waals surface area contributed by atoms with Crippen molar-refractivity contribution < 1.29 is 18.0 Å². The van der Waals surface area contributed by atoms with Gasteiger partial charge in [0.2, 0.25) is 0 Å². The minimum Gasteiger partial charge on any atom is -0.319 e. The highest BCUT2D eigenvalue weighted by Crippen LogP contribution is 2.19. The van der Waals surface area contributed by atoms with Gasteiger partial charge < -0.3 is 5.32 Å². The zero-order chi connectivity index (χ0) is 14.0. The lowest BCUT2D eigenvalue weighted by molar-refractivity contribution is 0.102. The second kappa shape index (κ2) is 5.44. The summed E-state index contributed by atoms with van der Waals surface area (Å²) in [5, 5.41) is 2.18. The summed E-state index contributed by atoms with van der Waals surface area (Å²) in [4.78, 5) is 11.8. The van der Waals surface area contributed by atoms with E-state index in [0.29, 0.717) is 10.5 Å². The number of amides is 1. The third-order valence-corrected chi connectivity index (χ3v) is 2.85. The van der Waals surface area contributed by atoms with Gasteiger partial charge in [0.1, 0.15) is 17.5 Å². The number of anilines is 1. The SMILES string of the molecule is O=C(Nc1ccc(F)cc1F)c1ccc(Br)cc1F. The summed E-state index contributed by atoms with van der Waals surface area (Å²) in [7, 11) is 0. The van der Waals surface area contributed by atoms with Crippen molar-refractivity contribution in [3.05, 3.63) is 63.9 Å². The van der Waals surface area contributed by atoms with Gasteiger partial charge in [-0.2, -0.15) is 0 Å². The third-order valence-electron chi connectivity index (χ3n) is 2.36. The minimum absolute atomic E-state index is 0.214. The summed E-state index contributed by atoms with van der Waals surface area (Å²) >= 11 is 3.06. The second-order valence-electron chi connectivity index (χ2n) is 3.70. The van der Waals surface area contributed by atoms with Crippen LogP contribution in [-0.4, -0.2) is 5.91 Å². The first-order valence-corrected chi connectivity index (χ1v) is 5.98. The Hall–Kier alpha value is -1.82. The number of hydrogen-bond donors (Lipinski definition) is 1. The Kier molecular flexibility index (Phi) is 3.90. The summed E-state index contributed by atoms with van der Waals surface area (Å²) < 4.78 is 40.0. The highest BCUT2D eigenvalue weighted by atomic mass is 79.9. The van der Waals surface area contributed by atoms with Crippen molar-refractivity contribution in [1.82, 2.24) is 0 Å². The molecule has 0 saturated carbocycles. The smallest absolute Gasteiger partial charge is 0.258 e. The molecular formula is C13H7BrF3NO. The molecule has 2 rings (SSSR count). The average Bonchev–Trinajstić information content (AvgIpc) is 2.32. The Bertz CT molecular complexity index is 646. The van der Waals surface area contributed by atoms with Gasteiger partial charge in [-0.15, -0.1) is 0 Å². The standard InChI is InChI=1S/C13H7BrF3NO/c14-7-1-3-9(10(16)5-7)13(19)18-12-4-2-8(15)6-11(12)17/h1-6H,(H,18,19). The summed E-state index contributed by atoms with van der Waals surface area (Å²) in [6.07, 6.45) is 0. The van der Waals surface area contributed by atoms with E-state index in [1.807, 2.05) is 0 Å². The first-order chi connectivity index (χ1) is 8.97. The number of carbonyl (C=O) groups excluding carboxylic acids is 1. The quantitative estimate of drug-likeness (QED) is 0.882. The van der Waals surface area contributed by atoms with E-state index in [1.165, 1.54) is 12.1 Å². The molecule has 0 fully saturated rings. The van der Waals surface area contributed by atoms with Gasteiger partial charge in [-0.25, -0.2) is 13.2 Å². The van der Waals surface area contributed by atoms with Crippen molar-refractivity contribution in [3.8, 4) is 0 Å². The van der Waals surface area contributed by atoms with E-state index in [2.05, 4.69) is 21.2 Å². The van der Waals surface area contributed by atoms with Gasteiger partial charge in [-0.05, 0) is 30.3 Å². The summed E-state index contributed by atoms with van der Waals surface area (Å²) in [6.45, 7) is 0. The molecular weight excluding hydrogens is 323 g/mol. The van der Waals surface area contributed by atoms with Gasteiger partial charge in [-0.3, -0.25) is 4.79 Å². The van der Waals surface area contributed by atoms with Crippen LogP contribution < -0.4 is 5.32 Å². The summed E-state index contributed by atoms with van der Waals surface area (Å²) in [6, 6.07) is 6.56. The molecule has 0 aliphatic rings. The molecule has 6 heteroatoms. The maximum Gasteiger partial charge on any atom is 0.258 e. The average molecular weight is 330 g/mol. The predicted octanol–water partition coefficient (Wildman–Crippen LogP) is 4.12. The summed E-state index contributed by atoms with van der Waals surface area (Å²) in [5.74, 6) is -3.24. The highest BCUT2D eigenvalue weighted by molar-refractivity contribution is 9.10. The lowest BCUT2D eigenvalue weighted by Crippen LogP contribution is -2.14. The maximum absolute atomic E-state index is 13.5. The molecule has 0 atom stereocenters. The molecule has 98 valence electrons. The number of rotatable bonds is 2. The molecule has 2 aromatic rings. The molecule has 19 heavy (non-hydrogen) atoms. The van der Waals surface area contributed by atoms with Gasteiger partial charge in [0.25, 0.3) is 5.91 Å². The van der Waals surface area contributed by atoms with Crippen LogP contribution in [-0.2, 0) is 0 Å². The molecule has 2 nitrogen and oxygen atoms in total. The van der Waals surface area contributed by atoms with Crippen LogP contribution in [0.1, 0.15) is 10.4 Å².